The van der Waals surface area contributed by atoms with Crippen molar-refractivity contribution in [1.82, 2.24) is 20.4 Å². The Kier molecular flexibility index (Phi) is 7.85. The normalized spacial score (nSPS) is 15.8. The first-order chi connectivity index (χ1) is 16.4. The molecule has 180 valence electrons. The van der Waals surface area contributed by atoms with E-state index in [1.165, 1.54) is 11.1 Å². The van der Waals surface area contributed by atoms with E-state index in [0.29, 0.717) is 29.9 Å². The molecule has 0 spiro atoms. The Morgan fingerprint density at radius 2 is 1.97 bits per heavy atom. The van der Waals surface area contributed by atoms with Gasteiger partial charge in [0, 0.05) is 11.5 Å². The molecule has 0 radical (unpaired) electrons. The van der Waals surface area contributed by atoms with E-state index in [2.05, 4.69) is 34.2 Å². The maximum atomic E-state index is 12.7. The van der Waals surface area contributed by atoms with Crippen LogP contribution < -0.4 is 10.1 Å². The first-order valence-corrected chi connectivity index (χ1v) is 12.1. The minimum atomic E-state index is -0.0613. The van der Waals surface area contributed by atoms with Gasteiger partial charge in [-0.2, -0.15) is 4.98 Å². The number of hydrogen-bond acceptors (Lipinski definition) is 6. The van der Waals surface area contributed by atoms with Gasteiger partial charge in [0.2, 0.25) is 17.6 Å². The Hall–Kier alpha value is -2.90. The zero-order valence-electron chi connectivity index (χ0n) is 19.9. The average Bonchev–Trinajstić information content (AvgIpc) is 3.28. The third kappa shape index (κ3) is 6.15. The molecule has 1 amide bonds. The van der Waals surface area contributed by atoms with Crippen molar-refractivity contribution in [3.8, 4) is 17.1 Å². The smallest absolute Gasteiger partial charge is 0.241 e. The highest BCUT2D eigenvalue weighted by molar-refractivity contribution is 6.33. The van der Waals surface area contributed by atoms with Crippen molar-refractivity contribution in [2.75, 3.05) is 19.7 Å². The van der Waals surface area contributed by atoms with Crippen LogP contribution in [0.5, 0.6) is 5.75 Å². The molecule has 0 aliphatic carbocycles. The Morgan fingerprint density at radius 3 is 2.71 bits per heavy atom. The zero-order valence-corrected chi connectivity index (χ0v) is 20.6. The lowest BCUT2D eigenvalue weighted by Crippen LogP contribution is -2.44. The summed E-state index contributed by atoms with van der Waals surface area (Å²) in [7, 11) is 0. The number of aromatic nitrogens is 2. The van der Waals surface area contributed by atoms with E-state index in [-0.39, 0.29) is 17.9 Å². The molecule has 1 N–H and O–H groups in total. The largest absolute Gasteiger partial charge is 0.491 e. The highest BCUT2D eigenvalue weighted by atomic mass is 35.5. The van der Waals surface area contributed by atoms with E-state index in [1.54, 1.807) is 6.07 Å². The molecule has 1 aromatic heterocycles. The third-order valence-corrected chi connectivity index (χ3v) is 6.60. The Bertz CT molecular complexity index is 1120. The van der Waals surface area contributed by atoms with Crippen molar-refractivity contribution in [1.29, 1.82) is 0 Å². The second kappa shape index (κ2) is 11.0. The monoisotopic (exact) mass is 482 g/mol. The van der Waals surface area contributed by atoms with Gasteiger partial charge in [-0.15, -0.1) is 0 Å². The number of hydrogen-bond donors (Lipinski definition) is 1. The fourth-order valence-electron chi connectivity index (χ4n) is 4.04. The summed E-state index contributed by atoms with van der Waals surface area (Å²) in [4.78, 5) is 19.5. The van der Waals surface area contributed by atoms with Crippen molar-refractivity contribution in [3.05, 3.63) is 64.5 Å². The molecule has 34 heavy (non-hydrogen) atoms. The van der Waals surface area contributed by atoms with Crippen LogP contribution in [0.2, 0.25) is 5.02 Å². The Labute approximate surface area is 205 Å². The number of halogens is 1. The summed E-state index contributed by atoms with van der Waals surface area (Å²) in [6, 6.07) is 13.4. The summed E-state index contributed by atoms with van der Waals surface area (Å²) < 4.78 is 11.3. The number of likely N-dealkylation sites (tertiary alicyclic amines) is 1. The standard InChI is InChI=1S/C26H31ClN4O3/c1-17-8-9-21(14-18(17)2)33-16-19(3)28-26(32)20-10-12-31(13-11-20)15-24-29-25(30-34-24)22-6-4-5-7-23(22)27/h4-9,14,19-20H,10-13,15-16H2,1-3H3,(H,28,32). The number of aryl methyl sites for hydroxylation is 2. The lowest BCUT2D eigenvalue weighted by atomic mass is 9.95. The van der Waals surface area contributed by atoms with Crippen LogP contribution >= 0.6 is 11.6 Å². The molecule has 2 aromatic carbocycles. The molecule has 1 atom stereocenters. The third-order valence-electron chi connectivity index (χ3n) is 6.27. The average molecular weight is 483 g/mol. The van der Waals surface area contributed by atoms with Gasteiger partial charge in [0.05, 0.1) is 17.6 Å². The zero-order chi connectivity index (χ0) is 24.1. The number of piperidine rings is 1. The number of carbonyl (C=O) groups excluding carboxylic acids is 1. The first-order valence-electron chi connectivity index (χ1n) is 11.7. The summed E-state index contributed by atoms with van der Waals surface area (Å²) in [5, 5.41) is 7.76. The van der Waals surface area contributed by atoms with Crippen molar-refractivity contribution < 1.29 is 14.1 Å². The van der Waals surface area contributed by atoms with Gasteiger partial charge in [0.15, 0.2) is 0 Å². The van der Waals surface area contributed by atoms with Crippen LogP contribution in [0.15, 0.2) is 47.0 Å². The second-order valence-electron chi connectivity index (χ2n) is 9.01. The molecule has 4 rings (SSSR count). The maximum absolute atomic E-state index is 12.7. The van der Waals surface area contributed by atoms with Crippen LogP contribution in [0.3, 0.4) is 0 Å². The van der Waals surface area contributed by atoms with Gasteiger partial charge >= 0.3 is 0 Å². The molecule has 1 aliphatic heterocycles. The highest BCUT2D eigenvalue weighted by Gasteiger charge is 2.27. The number of rotatable bonds is 8. The van der Waals surface area contributed by atoms with Crippen LogP contribution in [0.4, 0.5) is 0 Å². The quantitative estimate of drug-likeness (QED) is 0.496. The minimum Gasteiger partial charge on any atom is -0.491 e. The van der Waals surface area contributed by atoms with E-state index < -0.39 is 0 Å². The van der Waals surface area contributed by atoms with Crippen molar-refractivity contribution in [2.45, 2.75) is 46.2 Å². The van der Waals surface area contributed by atoms with Gasteiger partial charge in [0.25, 0.3) is 0 Å². The van der Waals surface area contributed by atoms with Crippen molar-refractivity contribution >= 4 is 17.5 Å². The van der Waals surface area contributed by atoms with Gasteiger partial charge in [-0.25, -0.2) is 0 Å². The summed E-state index contributed by atoms with van der Waals surface area (Å²) in [5.74, 6) is 1.97. The lowest BCUT2D eigenvalue weighted by molar-refractivity contribution is -0.127. The lowest BCUT2D eigenvalue weighted by Gasteiger charge is -2.30. The number of benzene rings is 2. The predicted octanol–water partition coefficient (Wildman–Crippen LogP) is 4.80. The molecule has 3 aromatic rings. The predicted molar refractivity (Wildman–Crippen MR) is 132 cm³/mol. The fourth-order valence-corrected chi connectivity index (χ4v) is 4.26. The highest BCUT2D eigenvalue weighted by Crippen LogP contribution is 2.26. The van der Waals surface area contributed by atoms with Crippen LogP contribution in [0.1, 0.15) is 36.8 Å². The summed E-state index contributed by atoms with van der Waals surface area (Å²) in [6.45, 7) is 8.72. The van der Waals surface area contributed by atoms with E-state index in [1.807, 2.05) is 43.3 Å². The fraction of sp³-hybridized carbons (Fsp3) is 0.423. The van der Waals surface area contributed by atoms with Crippen LogP contribution in [0.25, 0.3) is 11.4 Å². The summed E-state index contributed by atoms with van der Waals surface area (Å²) >= 11 is 6.23. The molecule has 1 aliphatic rings. The number of nitrogens with one attached hydrogen (secondary N) is 1. The SMILES string of the molecule is Cc1ccc(OCC(C)NC(=O)C2CCN(Cc3nc(-c4ccccc4Cl)no3)CC2)cc1C. The molecular formula is C26H31ClN4O3. The van der Waals surface area contributed by atoms with Crippen LogP contribution in [-0.2, 0) is 11.3 Å². The second-order valence-corrected chi connectivity index (χ2v) is 9.42. The molecule has 0 saturated carbocycles. The molecule has 7 nitrogen and oxygen atoms in total. The molecule has 0 bridgehead atoms. The van der Waals surface area contributed by atoms with Crippen LogP contribution in [-0.4, -0.2) is 46.7 Å². The molecular weight excluding hydrogens is 452 g/mol. The molecule has 1 fully saturated rings. The molecule has 8 heteroatoms. The Balaban J connectivity index is 1.21. The van der Waals surface area contributed by atoms with Gasteiger partial charge in [-0.05, 0) is 82.1 Å². The van der Waals surface area contributed by atoms with Gasteiger partial charge in [0.1, 0.15) is 12.4 Å². The van der Waals surface area contributed by atoms with Crippen molar-refractivity contribution in [3.63, 3.8) is 0 Å². The summed E-state index contributed by atoms with van der Waals surface area (Å²) in [6.07, 6.45) is 1.59. The van der Waals surface area contributed by atoms with E-state index in [9.17, 15) is 4.79 Å². The number of ether oxygens (including phenoxy) is 1. The first kappa shape index (κ1) is 24.2. The number of amides is 1. The Morgan fingerprint density at radius 1 is 1.21 bits per heavy atom. The minimum absolute atomic E-state index is 0.00157. The van der Waals surface area contributed by atoms with E-state index >= 15 is 0 Å². The topological polar surface area (TPSA) is 80.5 Å². The maximum Gasteiger partial charge on any atom is 0.241 e. The molecule has 1 saturated heterocycles. The van der Waals surface area contributed by atoms with Gasteiger partial charge in [-0.1, -0.05) is 35.0 Å². The van der Waals surface area contributed by atoms with E-state index in [4.69, 9.17) is 20.9 Å². The number of carbonyl (C=O) groups is 1. The number of nitrogens with zero attached hydrogens (tertiary/aromatic N) is 3. The summed E-state index contributed by atoms with van der Waals surface area (Å²) in [5.41, 5.74) is 3.19. The van der Waals surface area contributed by atoms with E-state index in [0.717, 1.165) is 37.2 Å². The molecule has 1 unspecified atom stereocenters. The molecule has 2 heterocycles. The van der Waals surface area contributed by atoms with Gasteiger partial charge in [-0.3, -0.25) is 9.69 Å². The van der Waals surface area contributed by atoms with Gasteiger partial charge < -0.3 is 14.6 Å². The van der Waals surface area contributed by atoms with Crippen molar-refractivity contribution in [2.24, 2.45) is 5.92 Å². The van der Waals surface area contributed by atoms with Crippen LogP contribution in [0, 0.1) is 19.8 Å².